The fourth-order valence-electron chi connectivity index (χ4n) is 4.36. The van der Waals surface area contributed by atoms with E-state index < -0.39 is 7.92 Å². The molecule has 6 rings (SSSR count). The molecule has 0 saturated carbocycles. The minimum atomic E-state index is -0.446. The van der Waals surface area contributed by atoms with E-state index in [2.05, 4.69) is 177 Å². The Balaban J connectivity index is 0.000000149. The van der Waals surface area contributed by atoms with Crippen LogP contribution in [0.5, 0.6) is 0 Å². The molecule has 0 fully saturated rings. The predicted molar refractivity (Wildman–Crippen MR) is 153 cm³/mol. The molecule has 2 heteroatoms. The fourth-order valence-corrected chi connectivity index (χ4v) is 6.94. The van der Waals surface area contributed by atoms with E-state index in [-0.39, 0.29) is 0 Å². The van der Waals surface area contributed by atoms with Crippen LogP contribution in [0.4, 0.5) is 0 Å². The third-order valence-electron chi connectivity index (χ3n) is 5.98. The topological polar surface area (TPSA) is 0 Å². The van der Waals surface area contributed by atoms with Gasteiger partial charge in [-0.05, 0) is 23.8 Å². The minimum absolute atomic E-state index is 0.446. The third-order valence-corrected chi connectivity index (χ3v) is 8.69. The van der Waals surface area contributed by atoms with Gasteiger partial charge in [0.15, 0.2) is 0 Å². The molecule has 0 unspecified atom stereocenters. The van der Waals surface area contributed by atoms with E-state index in [0.717, 1.165) is 5.56 Å². The van der Waals surface area contributed by atoms with Crippen molar-refractivity contribution in [1.29, 1.82) is 0 Å². The first kappa shape index (κ1) is 24.3. The summed E-state index contributed by atoms with van der Waals surface area (Å²) >= 11 is 2.27. The Bertz CT molecular complexity index is 1480. The van der Waals surface area contributed by atoms with Crippen LogP contribution in [-0.4, -0.2) is 0 Å². The molecule has 0 saturated heterocycles. The first-order valence-electron chi connectivity index (χ1n) is 11.8. The summed E-state index contributed by atoms with van der Waals surface area (Å²) in [5.41, 5.74) is 1.13. The molecule has 6 aromatic rings. The normalized spacial score (nSPS) is 10.4. The van der Waals surface area contributed by atoms with Gasteiger partial charge < -0.3 is 0 Å². The molecule has 0 atom stereocenters. The van der Waals surface area contributed by atoms with Crippen LogP contribution in [0.1, 0.15) is 5.56 Å². The van der Waals surface area contributed by atoms with E-state index in [0.29, 0.717) is 0 Å². The molecule has 0 aliphatic rings. The standard InChI is InChI=1S/C18H15P.C16H9.Au/c1-4-10-16(11-5-1)19(17-12-6-2-7-13-17)18-14-8-3-9-15-18;1-2-14-15-9-5-3-7-12(15)11-13-8-4-6-10-16(13)14;/h1-15H;3-11H;. The summed E-state index contributed by atoms with van der Waals surface area (Å²) in [4.78, 5) is 0. The third kappa shape index (κ3) is 5.52. The molecular weight excluding hydrogens is 636 g/mol. The van der Waals surface area contributed by atoms with Crippen molar-refractivity contribution in [3.63, 3.8) is 0 Å². The van der Waals surface area contributed by atoms with E-state index in [1.54, 1.807) is 0 Å². The zero-order chi connectivity index (χ0) is 24.6. The Labute approximate surface area is 226 Å². The summed E-state index contributed by atoms with van der Waals surface area (Å²) in [5, 5.41) is 9.14. The average molecular weight is 661 g/mol. The molecule has 0 aromatic heterocycles. The fraction of sp³-hybridized carbons (Fsp3) is 0. The Morgan fingerprint density at radius 2 is 0.806 bits per heavy atom. The molecular formula is C34H24AuP. The van der Waals surface area contributed by atoms with Crippen LogP contribution in [-0.2, 0) is 21.1 Å². The van der Waals surface area contributed by atoms with Crippen LogP contribution in [0, 0.1) is 10.1 Å². The van der Waals surface area contributed by atoms with Crippen LogP contribution < -0.4 is 15.9 Å². The van der Waals surface area contributed by atoms with Gasteiger partial charge in [-0.1, -0.05) is 91.0 Å². The second kappa shape index (κ2) is 12.0. The molecule has 6 aromatic carbocycles. The first-order chi connectivity index (χ1) is 17.8. The van der Waals surface area contributed by atoms with Crippen molar-refractivity contribution in [3.05, 3.63) is 151 Å². The quantitative estimate of drug-likeness (QED) is 0.0810. The van der Waals surface area contributed by atoms with Gasteiger partial charge >= 0.3 is 113 Å². The molecule has 0 N–H and O–H groups in total. The van der Waals surface area contributed by atoms with E-state index >= 15 is 0 Å². The Kier molecular flexibility index (Phi) is 8.10. The number of hydrogen-bond donors (Lipinski definition) is 0. The number of rotatable bonds is 3. The SMILES string of the molecule is [Au][C]#Cc1c2ccccc2cc2ccccc12.c1ccc(P(c2ccccc2)c2ccccc2)cc1. The van der Waals surface area contributed by atoms with Gasteiger partial charge in [-0.15, -0.1) is 0 Å². The monoisotopic (exact) mass is 660 g/mol. The zero-order valence-electron chi connectivity index (χ0n) is 19.6. The van der Waals surface area contributed by atoms with Crippen molar-refractivity contribution in [1.82, 2.24) is 0 Å². The number of hydrogen-bond acceptors (Lipinski definition) is 0. The molecule has 0 nitrogen and oxygen atoms in total. The Morgan fingerprint density at radius 3 is 1.19 bits per heavy atom. The van der Waals surface area contributed by atoms with Gasteiger partial charge in [0.25, 0.3) is 0 Å². The molecule has 36 heavy (non-hydrogen) atoms. The van der Waals surface area contributed by atoms with Crippen LogP contribution in [0.25, 0.3) is 21.5 Å². The minimum Gasteiger partial charge on any atom is -0.0622 e. The molecule has 0 aliphatic heterocycles. The first-order valence-corrected chi connectivity index (χ1v) is 14.2. The van der Waals surface area contributed by atoms with E-state index in [9.17, 15) is 0 Å². The number of fused-ring (bicyclic) bond motifs is 2. The summed E-state index contributed by atoms with van der Waals surface area (Å²) in [6.07, 6.45) is 0. The molecule has 0 bridgehead atoms. The Hall–Kier alpha value is -3.43. The van der Waals surface area contributed by atoms with Crippen molar-refractivity contribution in [2.24, 2.45) is 0 Å². The summed E-state index contributed by atoms with van der Waals surface area (Å²) in [6, 6.07) is 51.3. The molecule has 176 valence electrons. The average Bonchev–Trinajstić information content (AvgIpc) is 2.95. The van der Waals surface area contributed by atoms with Crippen LogP contribution >= 0.6 is 7.92 Å². The van der Waals surface area contributed by atoms with Gasteiger partial charge in [-0.3, -0.25) is 0 Å². The van der Waals surface area contributed by atoms with Crippen molar-refractivity contribution >= 4 is 45.4 Å². The number of benzene rings is 6. The van der Waals surface area contributed by atoms with E-state index in [1.807, 2.05) is 0 Å². The summed E-state index contributed by atoms with van der Waals surface area (Å²) in [7, 11) is -0.446. The molecule has 0 aliphatic carbocycles. The zero-order valence-corrected chi connectivity index (χ0v) is 22.7. The van der Waals surface area contributed by atoms with Gasteiger partial charge in [0.05, 0.1) is 0 Å². The molecule has 0 heterocycles. The van der Waals surface area contributed by atoms with E-state index in [1.165, 1.54) is 37.5 Å². The van der Waals surface area contributed by atoms with Crippen molar-refractivity contribution < 1.29 is 21.1 Å². The van der Waals surface area contributed by atoms with Gasteiger partial charge in [0.1, 0.15) is 0 Å². The van der Waals surface area contributed by atoms with Crippen molar-refractivity contribution in [3.8, 4) is 10.1 Å². The van der Waals surface area contributed by atoms with Gasteiger partial charge in [0, 0.05) is 0 Å². The molecule has 0 amide bonds. The van der Waals surface area contributed by atoms with Gasteiger partial charge in [-0.25, -0.2) is 0 Å². The van der Waals surface area contributed by atoms with Crippen molar-refractivity contribution in [2.75, 3.05) is 0 Å². The molecule has 0 spiro atoms. The second-order valence-electron chi connectivity index (χ2n) is 8.24. The Morgan fingerprint density at radius 1 is 0.444 bits per heavy atom. The maximum absolute atomic E-state index is 3.22. The maximum atomic E-state index is 3.22. The maximum Gasteiger partial charge on any atom is -0.0134 e. The van der Waals surface area contributed by atoms with Crippen LogP contribution in [0.15, 0.2) is 146 Å². The smallest absolute Gasteiger partial charge is 0.0134 e. The second-order valence-corrected chi connectivity index (χ2v) is 11.0. The van der Waals surface area contributed by atoms with E-state index in [4.69, 9.17) is 0 Å². The van der Waals surface area contributed by atoms with Gasteiger partial charge in [-0.2, -0.15) is 0 Å². The van der Waals surface area contributed by atoms with Crippen LogP contribution in [0.2, 0.25) is 0 Å². The summed E-state index contributed by atoms with van der Waals surface area (Å²) in [6.45, 7) is 0. The molecule has 0 radical (unpaired) electrons. The predicted octanol–water partition coefficient (Wildman–Crippen LogP) is 7.29. The summed E-state index contributed by atoms with van der Waals surface area (Å²) in [5.74, 6) is 3.22. The van der Waals surface area contributed by atoms with Crippen LogP contribution in [0.3, 0.4) is 0 Å². The summed E-state index contributed by atoms with van der Waals surface area (Å²) < 4.78 is 2.96. The largest absolute Gasteiger partial charge is 0.0622 e. The van der Waals surface area contributed by atoms with Crippen molar-refractivity contribution in [2.45, 2.75) is 0 Å². The van der Waals surface area contributed by atoms with Gasteiger partial charge in [0.2, 0.25) is 0 Å².